The Morgan fingerprint density at radius 1 is 1.06 bits per heavy atom. The highest BCUT2D eigenvalue weighted by atomic mass is 32.1. The van der Waals surface area contributed by atoms with Crippen LogP contribution in [0.3, 0.4) is 0 Å². The van der Waals surface area contributed by atoms with Crippen LogP contribution in [0.15, 0.2) is 41.1 Å². The van der Waals surface area contributed by atoms with Crippen LogP contribution in [-0.2, 0) is 16.0 Å². The molecule has 0 spiro atoms. The average molecular weight is 437 g/mol. The molecule has 31 heavy (non-hydrogen) atoms. The van der Waals surface area contributed by atoms with Crippen LogP contribution in [0.4, 0.5) is 0 Å². The molecular formula is C26H32N2O2S. The van der Waals surface area contributed by atoms with E-state index < -0.39 is 5.41 Å². The first kappa shape index (κ1) is 20.7. The van der Waals surface area contributed by atoms with Crippen molar-refractivity contribution in [2.45, 2.75) is 38.5 Å². The first-order valence-corrected chi connectivity index (χ1v) is 12.5. The van der Waals surface area contributed by atoms with Crippen LogP contribution >= 0.6 is 11.3 Å². The summed E-state index contributed by atoms with van der Waals surface area (Å²) in [7, 11) is 3.67. The number of carbonyl (C=O) groups is 2. The third-order valence-corrected chi connectivity index (χ3v) is 8.50. The van der Waals surface area contributed by atoms with E-state index in [-0.39, 0.29) is 11.8 Å². The Hall–Kier alpha value is -2.14. The number of hydrogen-bond donors (Lipinski definition) is 0. The van der Waals surface area contributed by atoms with Crippen molar-refractivity contribution < 1.29 is 9.59 Å². The summed E-state index contributed by atoms with van der Waals surface area (Å²) in [5.41, 5.74) is 3.10. The number of amides is 2. The maximum absolute atomic E-state index is 13.3. The van der Waals surface area contributed by atoms with E-state index in [2.05, 4.69) is 41.1 Å². The standard InChI is InChI=1S/C26H32N2O2S/c1-27(2)25(30)26(15-18-7-9-19(10-8-18)20-11-14-31-16-20)12-13-28(17-26)24(29)23-21-5-3-4-6-22(21)23/h7-11,14,16,21-23H,3-6,12-13,15,17H2,1-2H3. The SMILES string of the molecule is CN(C)C(=O)C1(Cc2ccc(-c3ccsc3)cc2)CCN(C(=O)C2C3CCCCC32)C1. The van der Waals surface area contributed by atoms with E-state index in [9.17, 15) is 9.59 Å². The number of rotatable bonds is 5. The number of benzene rings is 1. The molecule has 3 atom stereocenters. The lowest BCUT2D eigenvalue weighted by Gasteiger charge is -2.31. The van der Waals surface area contributed by atoms with E-state index in [1.807, 2.05) is 19.0 Å². The fourth-order valence-corrected chi connectivity index (χ4v) is 6.80. The Bertz CT molecular complexity index is 940. The second kappa shape index (κ2) is 8.09. The van der Waals surface area contributed by atoms with E-state index in [0.29, 0.717) is 37.3 Å². The molecule has 2 saturated carbocycles. The van der Waals surface area contributed by atoms with Crippen molar-refractivity contribution in [2.24, 2.45) is 23.2 Å². The van der Waals surface area contributed by atoms with Gasteiger partial charge in [-0.25, -0.2) is 0 Å². The number of fused-ring (bicyclic) bond motifs is 1. The molecule has 164 valence electrons. The van der Waals surface area contributed by atoms with E-state index in [1.54, 1.807) is 16.2 Å². The van der Waals surface area contributed by atoms with Crippen LogP contribution in [-0.4, -0.2) is 48.8 Å². The Kier molecular flexibility index (Phi) is 5.41. The third kappa shape index (κ3) is 3.82. The molecule has 1 aliphatic heterocycles. The number of carbonyl (C=O) groups excluding carboxylic acids is 2. The molecule has 2 aromatic rings. The van der Waals surface area contributed by atoms with Gasteiger partial charge in [0, 0.05) is 33.1 Å². The van der Waals surface area contributed by atoms with E-state index in [1.165, 1.54) is 42.4 Å². The zero-order chi connectivity index (χ0) is 21.6. The number of thiophene rings is 1. The fourth-order valence-electron chi connectivity index (χ4n) is 6.13. The Morgan fingerprint density at radius 2 is 1.77 bits per heavy atom. The summed E-state index contributed by atoms with van der Waals surface area (Å²) in [6, 6.07) is 10.7. The lowest BCUT2D eigenvalue weighted by atomic mass is 9.79. The summed E-state index contributed by atoms with van der Waals surface area (Å²) in [6.07, 6.45) is 6.42. The smallest absolute Gasteiger partial charge is 0.230 e. The summed E-state index contributed by atoms with van der Waals surface area (Å²) in [4.78, 5) is 30.3. The van der Waals surface area contributed by atoms with Gasteiger partial charge < -0.3 is 9.80 Å². The molecule has 3 aliphatic rings. The van der Waals surface area contributed by atoms with Gasteiger partial charge in [-0.2, -0.15) is 11.3 Å². The predicted octanol–water partition coefficient (Wildman–Crippen LogP) is 4.70. The molecule has 1 aromatic heterocycles. The third-order valence-electron chi connectivity index (χ3n) is 7.82. The van der Waals surface area contributed by atoms with Crippen molar-refractivity contribution >= 4 is 23.2 Å². The van der Waals surface area contributed by atoms with Gasteiger partial charge in [-0.3, -0.25) is 9.59 Å². The zero-order valence-electron chi connectivity index (χ0n) is 18.5. The number of likely N-dealkylation sites (tertiary alicyclic amines) is 1. The quantitative estimate of drug-likeness (QED) is 0.682. The maximum atomic E-state index is 13.3. The normalized spacial score (nSPS) is 29.5. The molecule has 2 heterocycles. The summed E-state index contributed by atoms with van der Waals surface area (Å²) < 4.78 is 0. The molecule has 5 rings (SSSR count). The highest BCUT2D eigenvalue weighted by molar-refractivity contribution is 7.08. The molecule has 2 amide bonds. The molecule has 1 saturated heterocycles. The van der Waals surface area contributed by atoms with Gasteiger partial charge in [0.15, 0.2) is 0 Å². The van der Waals surface area contributed by atoms with Gasteiger partial charge in [0.2, 0.25) is 11.8 Å². The van der Waals surface area contributed by atoms with Crippen LogP contribution < -0.4 is 0 Å². The van der Waals surface area contributed by atoms with E-state index in [4.69, 9.17) is 0 Å². The number of hydrogen-bond acceptors (Lipinski definition) is 3. The Morgan fingerprint density at radius 3 is 2.39 bits per heavy atom. The molecule has 4 nitrogen and oxygen atoms in total. The molecule has 0 radical (unpaired) electrons. The summed E-state index contributed by atoms with van der Waals surface area (Å²) in [5.74, 6) is 1.93. The van der Waals surface area contributed by atoms with Crippen molar-refractivity contribution in [2.75, 3.05) is 27.2 Å². The van der Waals surface area contributed by atoms with Gasteiger partial charge in [0.25, 0.3) is 0 Å². The Balaban J connectivity index is 1.33. The van der Waals surface area contributed by atoms with Crippen LogP contribution in [0.2, 0.25) is 0 Å². The molecule has 0 N–H and O–H groups in total. The van der Waals surface area contributed by atoms with Gasteiger partial charge in [0.1, 0.15) is 0 Å². The molecular weight excluding hydrogens is 404 g/mol. The lowest BCUT2D eigenvalue weighted by Crippen LogP contribution is -2.45. The Labute approximate surface area is 189 Å². The van der Waals surface area contributed by atoms with Gasteiger partial charge in [-0.15, -0.1) is 0 Å². The van der Waals surface area contributed by atoms with Crippen LogP contribution in [0.1, 0.15) is 37.7 Å². The van der Waals surface area contributed by atoms with Gasteiger partial charge in [-0.05, 0) is 71.0 Å². The van der Waals surface area contributed by atoms with Gasteiger partial charge in [0.05, 0.1) is 5.41 Å². The summed E-state index contributed by atoms with van der Waals surface area (Å²) in [6.45, 7) is 1.27. The van der Waals surface area contributed by atoms with Crippen molar-refractivity contribution in [3.63, 3.8) is 0 Å². The summed E-state index contributed by atoms with van der Waals surface area (Å²) in [5, 5.41) is 4.25. The molecule has 3 unspecified atom stereocenters. The molecule has 1 aromatic carbocycles. The van der Waals surface area contributed by atoms with Crippen molar-refractivity contribution in [3.05, 3.63) is 46.7 Å². The maximum Gasteiger partial charge on any atom is 0.230 e. The van der Waals surface area contributed by atoms with Crippen LogP contribution in [0, 0.1) is 23.2 Å². The van der Waals surface area contributed by atoms with Crippen LogP contribution in [0.5, 0.6) is 0 Å². The van der Waals surface area contributed by atoms with Gasteiger partial charge >= 0.3 is 0 Å². The van der Waals surface area contributed by atoms with Crippen molar-refractivity contribution in [1.82, 2.24) is 9.80 Å². The van der Waals surface area contributed by atoms with E-state index in [0.717, 1.165) is 6.42 Å². The van der Waals surface area contributed by atoms with Crippen molar-refractivity contribution in [1.29, 1.82) is 0 Å². The molecule has 2 aliphatic carbocycles. The minimum atomic E-state index is -0.511. The first-order chi connectivity index (χ1) is 15.0. The van der Waals surface area contributed by atoms with Crippen molar-refractivity contribution in [3.8, 4) is 11.1 Å². The first-order valence-electron chi connectivity index (χ1n) is 11.6. The topological polar surface area (TPSA) is 40.6 Å². The van der Waals surface area contributed by atoms with E-state index >= 15 is 0 Å². The minimum Gasteiger partial charge on any atom is -0.348 e. The second-order valence-corrected chi connectivity index (χ2v) is 10.8. The highest BCUT2D eigenvalue weighted by Crippen LogP contribution is 2.56. The second-order valence-electron chi connectivity index (χ2n) is 10.0. The minimum absolute atomic E-state index is 0.151. The van der Waals surface area contributed by atoms with Crippen LogP contribution in [0.25, 0.3) is 11.1 Å². The lowest BCUT2D eigenvalue weighted by molar-refractivity contribution is -0.140. The predicted molar refractivity (Wildman–Crippen MR) is 125 cm³/mol. The molecule has 0 bridgehead atoms. The fraction of sp³-hybridized carbons (Fsp3) is 0.538. The molecule has 3 fully saturated rings. The molecule has 5 heteroatoms. The number of nitrogens with zero attached hydrogens (tertiary/aromatic N) is 2. The highest BCUT2D eigenvalue weighted by Gasteiger charge is 2.57. The summed E-state index contributed by atoms with van der Waals surface area (Å²) >= 11 is 1.70. The van der Waals surface area contributed by atoms with Gasteiger partial charge in [-0.1, -0.05) is 37.1 Å². The largest absolute Gasteiger partial charge is 0.348 e. The zero-order valence-corrected chi connectivity index (χ0v) is 19.4. The monoisotopic (exact) mass is 436 g/mol. The average Bonchev–Trinajstić information content (AvgIpc) is 3.09.